The van der Waals surface area contributed by atoms with Gasteiger partial charge in [-0.15, -0.1) is 11.3 Å². The maximum Gasteiger partial charge on any atom is 0.0798 e. The van der Waals surface area contributed by atoms with Gasteiger partial charge >= 0.3 is 0 Å². The molecule has 78 valence electrons. The fraction of sp³-hybridized carbons (Fsp3) is 0.700. The SMILES string of the molecule is Cc1ncsc1CN1CCC(N)CC1. The lowest BCUT2D eigenvalue weighted by molar-refractivity contribution is 0.207. The van der Waals surface area contributed by atoms with Gasteiger partial charge in [-0.25, -0.2) is 4.98 Å². The predicted molar refractivity (Wildman–Crippen MR) is 59.3 cm³/mol. The summed E-state index contributed by atoms with van der Waals surface area (Å²) >= 11 is 1.76. The number of hydrogen-bond donors (Lipinski definition) is 1. The number of rotatable bonds is 2. The van der Waals surface area contributed by atoms with Crippen molar-refractivity contribution >= 4 is 11.3 Å². The van der Waals surface area contributed by atoms with E-state index in [2.05, 4.69) is 16.8 Å². The van der Waals surface area contributed by atoms with Crippen LogP contribution in [0.1, 0.15) is 23.4 Å². The van der Waals surface area contributed by atoms with Crippen molar-refractivity contribution in [2.45, 2.75) is 32.4 Å². The second-order valence-electron chi connectivity index (χ2n) is 3.97. The summed E-state index contributed by atoms with van der Waals surface area (Å²) in [4.78, 5) is 8.14. The predicted octanol–water partition coefficient (Wildman–Crippen LogP) is 1.37. The Morgan fingerprint density at radius 2 is 2.29 bits per heavy atom. The molecule has 1 aliphatic heterocycles. The Balaban J connectivity index is 1.89. The molecule has 0 spiro atoms. The Bertz CT molecular complexity index is 289. The topological polar surface area (TPSA) is 42.2 Å². The number of piperidine rings is 1. The first kappa shape index (κ1) is 10.1. The third-order valence-corrected chi connectivity index (χ3v) is 3.76. The highest BCUT2D eigenvalue weighted by Gasteiger charge is 2.17. The highest BCUT2D eigenvalue weighted by molar-refractivity contribution is 7.09. The molecular weight excluding hydrogens is 194 g/mol. The number of aromatic nitrogens is 1. The summed E-state index contributed by atoms with van der Waals surface area (Å²) in [7, 11) is 0. The van der Waals surface area contributed by atoms with Gasteiger partial charge in [0.25, 0.3) is 0 Å². The van der Waals surface area contributed by atoms with E-state index in [1.807, 2.05) is 5.51 Å². The first-order valence-electron chi connectivity index (χ1n) is 5.12. The van der Waals surface area contributed by atoms with Crippen molar-refractivity contribution in [2.75, 3.05) is 13.1 Å². The monoisotopic (exact) mass is 211 g/mol. The lowest BCUT2D eigenvalue weighted by Crippen LogP contribution is -2.39. The van der Waals surface area contributed by atoms with Crippen LogP contribution in [0.25, 0.3) is 0 Å². The summed E-state index contributed by atoms with van der Waals surface area (Å²) in [6.07, 6.45) is 2.27. The van der Waals surface area contributed by atoms with Crippen molar-refractivity contribution in [3.63, 3.8) is 0 Å². The van der Waals surface area contributed by atoms with Crippen molar-refractivity contribution in [1.29, 1.82) is 0 Å². The molecule has 1 aromatic rings. The molecule has 14 heavy (non-hydrogen) atoms. The van der Waals surface area contributed by atoms with Gasteiger partial charge < -0.3 is 5.73 Å². The maximum absolute atomic E-state index is 5.86. The molecule has 0 aromatic carbocycles. The molecule has 0 amide bonds. The molecule has 1 aliphatic rings. The fourth-order valence-corrected chi connectivity index (χ4v) is 2.61. The smallest absolute Gasteiger partial charge is 0.0798 e. The van der Waals surface area contributed by atoms with Gasteiger partial charge in [0.15, 0.2) is 0 Å². The molecule has 0 aliphatic carbocycles. The van der Waals surface area contributed by atoms with E-state index < -0.39 is 0 Å². The molecule has 0 atom stereocenters. The summed E-state index contributed by atoms with van der Waals surface area (Å²) in [6, 6.07) is 0.425. The molecule has 3 nitrogen and oxygen atoms in total. The lowest BCUT2D eigenvalue weighted by Gasteiger charge is -2.29. The molecule has 4 heteroatoms. The molecule has 0 bridgehead atoms. The molecule has 1 saturated heterocycles. The minimum atomic E-state index is 0.425. The molecule has 0 unspecified atom stereocenters. The summed E-state index contributed by atoms with van der Waals surface area (Å²) in [6.45, 7) is 5.42. The Morgan fingerprint density at radius 1 is 1.57 bits per heavy atom. The zero-order chi connectivity index (χ0) is 9.97. The second-order valence-corrected chi connectivity index (χ2v) is 4.91. The van der Waals surface area contributed by atoms with E-state index in [1.165, 1.54) is 10.6 Å². The van der Waals surface area contributed by atoms with Crippen LogP contribution in [0.4, 0.5) is 0 Å². The third kappa shape index (κ3) is 2.32. The zero-order valence-electron chi connectivity index (χ0n) is 8.57. The van der Waals surface area contributed by atoms with Crippen LogP contribution in [0.5, 0.6) is 0 Å². The molecule has 1 fully saturated rings. The van der Waals surface area contributed by atoms with E-state index in [0.717, 1.165) is 32.5 Å². The minimum absolute atomic E-state index is 0.425. The van der Waals surface area contributed by atoms with Crippen LogP contribution in [-0.2, 0) is 6.54 Å². The quantitative estimate of drug-likeness (QED) is 0.803. The van der Waals surface area contributed by atoms with Crippen molar-refractivity contribution in [2.24, 2.45) is 5.73 Å². The van der Waals surface area contributed by atoms with Crippen molar-refractivity contribution in [1.82, 2.24) is 9.88 Å². The lowest BCUT2D eigenvalue weighted by atomic mass is 10.1. The van der Waals surface area contributed by atoms with Crippen LogP contribution in [0, 0.1) is 6.92 Å². The average Bonchev–Trinajstić information content (AvgIpc) is 2.56. The molecule has 2 heterocycles. The fourth-order valence-electron chi connectivity index (χ4n) is 1.79. The first-order valence-corrected chi connectivity index (χ1v) is 6.00. The third-order valence-electron chi connectivity index (χ3n) is 2.84. The van der Waals surface area contributed by atoms with Crippen LogP contribution in [0.2, 0.25) is 0 Å². The van der Waals surface area contributed by atoms with Crippen molar-refractivity contribution in [3.05, 3.63) is 16.1 Å². The maximum atomic E-state index is 5.86. The van der Waals surface area contributed by atoms with E-state index in [0.29, 0.717) is 6.04 Å². The van der Waals surface area contributed by atoms with Crippen LogP contribution < -0.4 is 5.73 Å². The Morgan fingerprint density at radius 3 is 2.86 bits per heavy atom. The Hall–Kier alpha value is -0.450. The van der Waals surface area contributed by atoms with Gasteiger partial charge in [-0.1, -0.05) is 0 Å². The summed E-state index contributed by atoms with van der Waals surface area (Å²) in [5.74, 6) is 0. The standard InChI is InChI=1S/C10H17N3S/c1-8-10(14-7-12-8)6-13-4-2-9(11)3-5-13/h7,9H,2-6,11H2,1H3. The molecule has 2 rings (SSSR count). The van der Waals surface area contributed by atoms with Gasteiger partial charge in [-0.05, 0) is 32.9 Å². The average molecular weight is 211 g/mol. The van der Waals surface area contributed by atoms with Crippen LogP contribution in [0.15, 0.2) is 5.51 Å². The molecular formula is C10H17N3S. The Kier molecular flexibility index (Phi) is 3.15. The number of nitrogens with two attached hydrogens (primary N) is 1. The zero-order valence-corrected chi connectivity index (χ0v) is 9.39. The van der Waals surface area contributed by atoms with Crippen LogP contribution in [0.3, 0.4) is 0 Å². The van der Waals surface area contributed by atoms with E-state index in [9.17, 15) is 0 Å². The molecule has 1 aromatic heterocycles. The Labute approximate surface area is 88.9 Å². The second kappa shape index (κ2) is 4.38. The number of nitrogens with zero attached hydrogens (tertiary/aromatic N) is 2. The largest absolute Gasteiger partial charge is 0.328 e. The normalized spacial score (nSPS) is 20.1. The number of hydrogen-bond acceptors (Lipinski definition) is 4. The van der Waals surface area contributed by atoms with Gasteiger partial charge in [0, 0.05) is 17.5 Å². The molecule has 2 N–H and O–H groups in total. The summed E-state index contributed by atoms with van der Waals surface area (Å²) in [5, 5.41) is 0. The molecule has 0 saturated carbocycles. The van der Waals surface area contributed by atoms with E-state index in [-0.39, 0.29) is 0 Å². The van der Waals surface area contributed by atoms with Crippen LogP contribution in [-0.4, -0.2) is 29.0 Å². The van der Waals surface area contributed by atoms with Crippen molar-refractivity contribution in [3.8, 4) is 0 Å². The molecule has 0 radical (unpaired) electrons. The van der Waals surface area contributed by atoms with Gasteiger partial charge in [0.2, 0.25) is 0 Å². The minimum Gasteiger partial charge on any atom is -0.328 e. The van der Waals surface area contributed by atoms with Gasteiger partial charge in [0.05, 0.1) is 11.2 Å². The van der Waals surface area contributed by atoms with Crippen molar-refractivity contribution < 1.29 is 0 Å². The highest BCUT2D eigenvalue weighted by Crippen LogP contribution is 2.17. The van der Waals surface area contributed by atoms with Gasteiger partial charge in [-0.3, -0.25) is 4.90 Å². The summed E-state index contributed by atoms with van der Waals surface area (Å²) in [5.41, 5.74) is 8.98. The van der Waals surface area contributed by atoms with E-state index in [4.69, 9.17) is 5.73 Å². The highest BCUT2D eigenvalue weighted by atomic mass is 32.1. The number of likely N-dealkylation sites (tertiary alicyclic amines) is 1. The van der Waals surface area contributed by atoms with Gasteiger partial charge in [0.1, 0.15) is 0 Å². The number of thiazole rings is 1. The van der Waals surface area contributed by atoms with E-state index >= 15 is 0 Å². The van der Waals surface area contributed by atoms with Crippen LogP contribution >= 0.6 is 11.3 Å². The van der Waals surface area contributed by atoms with Gasteiger partial charge in [-0.2, -0.15) is 0 Å². The first-order chi connectivity index (χ1) is 6.75. The summed E-state index contributed by atoms with van der Waals surface area (Å²) < 4.78 is 0. The number of aryl methyl sites for hydroxylation is 1. The van der Waals surface area contributed by atoms with E-state index in [1.54, 1.807) is 11.3 Å².